The number of aliphatic hydroxyl groups is 1. The minimum absolute atomic E-state index is 0.0493. The van der Waals surface area contributed by atoms with Gasteiger partial charge in [0.05, 0.1) is 18.9 Å². The molecule has 0 radical (unpaired) electrons. The number of amides is 2. The van der Waals surface area contributed by atoms with E-state index in [-0.39, 0.29) is 30.8 Å². The van der Waals surface area contributed by atoms with Crippen LogP contribution in [0.4, 0.5) is 5.69 Å². The normalized spacial score (nSPS) is 18.6. The number of carbonyl (C=O) groups is 2. The number of furan rings is 1. The first-order valence-electron chi connectivity index (χ1n) is 8.96. The Morgan fingerprint density at radius 3 is 2.67 bits per heavy atom. The second kappa shape index (κ2) is 8.37. The van der Waals surface area contributed by atoms with Gasteiger partial charge >= 0.3 is 0 Å². The van der Waals surface area contributed by atoms with Crippen LogP contribution in [0.1, 0.15) is 36.1 Å². The summed E-state index contributed by atoms with van der Waals surface area (Å²) in [5.41, 5.74) is 1.24. The first-order chi connectivity index (χ1) is 13.0. The van der Waals surface area contributed by atoms with Crippen LogP contribution in [0.2, 0.25) is 0 Å². The zero-order chi connectivity index (χ0) is 19.4. The summed E-state index contributed by atoms with van der Waals surface area (Å²) in [7, 11) is 0. The smallest absolute Gasteiger partial charge is 0.291 e. The van der Waals surface area contributed by atoms with Gasteiger partial charge in [0.25, 0.3) is 5.91 Å². The summed E-state index contributed by atoms with van der Waals surface area (Å²) < 4.78 is 10.4. The second-order valence-corrected chi connectivity index (χ2v) is 7.02. The summed E-state index contributed by atoms with van der Waals surface area (Å²) in [6.07, 6.45) is 0.563. The molecule has 1 saturated heterocycles. The van der Waals surface area contributed by atoms with Crippen molar-refractivity contribution >= 4 is 17.5 Å². The number of hydrogen-bond donors (Lipinski definition) is 2. The largest absolute Gasteiger partial charge is 0.459 e. The maximum Gasteiger partial charge on any atom is 0.291 e. The average Bonchev–Trinajstić information content (AvgIpc) is 3.18. The van der Waals surface area contributed by atoms with Crippen molar-refractivity contribution in [3.8, 4) is 0 Å². The highest BCUT2D eigenvalue weighted by molar-refractivity contribution is 6.02. The Balaban J connectivity index is 1.69. The van der Waals surface area contributed by atoms with E-state index in [4.69, 9.17) is 9.15 Å². The molecule has 0 bridgehead atoms. The van der Waals surface area contributed by atoms with Crippen LogP contribution in [0.15, 0.2) is 47.1 Å². The fourth-order valence-electron chi connectivity index (χ4n) is 3.10. The lowest BCUT2D eigenvalue weighted by Crippen LogP contribution is -2.53. The Labute approximate surface area is 157 Å². The zero-order valence-electron chi connectivity index (χ0n) is 15.4. The standard InChI is InChI=1S/C20H24N2O5/c1-13(2)10-22-16(11-26-12-18(22)23)19(24)14-5-7-15(8-6-14)21-20(25)17-4-3-9-27-17/h3-9,13,16,19,24H,10-12H2,1-2H3,(H,21,25)/t16-,19-/m1/s1. The van der Waals surface area contributed by atoms with E-state index in [0.29, 0.717) is 23.7 Å². The van der Waals surface area contributed by atoms with Crippen molar-refractivity contribution in [3.63, 3.8) is 0 Å². The summed E-state index contributed by atoms with van der Waals surface area (Å²) in [5.74, 6) is 0.0614. The van der Waals surface area contributed by atoms with Crippen LogP contribution in [-0.2, 0) is 9.53 Å². The average molecular weight is 372 g/mol. The molecule has 7 heteroatoms. The van der Waals surface area contributed by atoms with Gasteiger partial charge in [0, 0.05) is 12.2 Å². The minimum Gasteiger partial charge on any atom is -0.459 e. The van der Waals surface area contributed by atoms with Crippen LogP contribution in [-0.4, -0.2) is 47.6 Å². The number of hydrogen-bond acceptors (Lipinski definition) is 5. The molecular weight excluding hydrogens is 348 g/mol. The molecule has 2 heterocycles. The summed E-state index contributed by atoms with van der Waals surface area (Å²) >= 11 is 0. The third-order valence-electron chi connectivity index (χ3n) is 4.42. The number of benzene rings is 1. The molecule has 3 rings (SSSR count). The number of nitrogens with zero attached hydrogens (tertiary/aromatic N) is 1. The Morgan fingerprint density at radius 2 is 2.04 bits per heavy atom. The predicted octanol–water partition coefficient (Wildman–Crippen LogP) is 2.45. The molecule has 7 nitrogen and oxygen atoms in total. The van der Waals surface area contributed by atoms with Gasteiger partial charge in [-0.15, -0.1) is 0 Å². The Hall–Kier alpha value is -2.64. The van der Waals surface area contributed by atoms with Crippen LogP contribution in [0.5, 0.6) is 0 Å². The van der Waals surface area contributed by atoms with Gasteiger partial charge in [-0.2, -0.15) is 0 Å². The predicted molar refractivity (Wildman–Crippen MR) is 99.2 cm³/mol. The molecule has 1 aliphatic rings. The van der Waals surface area contributed by atoms with Crippen molar-refractivity contribution in [1.82, 2.24) is 4.90 Å². The highest BCUT2D eigenvalue weighted by atomic mass is 16.5. The SMILES string of the molecule is CC(C)CN1C(=O)COC[C@@H]1[C@H](O)c1ccc(NC(=O)c2ccco2)cc1. The highest BCUT2D eigenvalue weighted by Crippen LogP contribution is 2.26. The lowest BCUT2D eigenvalue weighted by molar-refractivity contribution is -0.155. The van der Waals surface area contributed by atoms with Crippen molar-refractivity contribution in [2.75, 3.05) is 25.1 Å². The third-order valence-corrected chi connectivity index (χ3v) is 4.42. The first kappa shape index (κ1) is 19.1. The van der Waals surface area contributed by atoms with Crippen LogP contribution in [0.3, 0.4) is 0 Å². The van der Waals surface area contributed by atoms with E-state index in [2.05, 4.69) is 5.32 Å². The van der Waals surface area contributed by atoms with Crippen molar-refractivity contribution in [3.05, 3.63) is 54.0 Å². The van der Waals surface area contributed by atoms with Crippen LogP contribution in [0.25, 0.3) is 0 Å². The van der Waals surface area contributed by atoms with E-state index in [1.807, 2.05) is 13.8 Å². The molecule has 0 spiro atoms. The van der Waals surface area contributed by atoms with Crippen LogP contribution < -0.4 is 5.32 Å². The van der Waals surface area contributed by atoms with Crippen molar-refractivity contribution in [2.45, 2.75) is 26.0 Å². The highest BCUT2D eigenvalue weighted by Gasteiger charge is 2.34. The first-order valence-corrected chi connectivity index (χ1v) is 8.96. The molecule has 2 amide bonds. The fourth-order valence-corrected chi connectivity index (χ4v) is 3.10. The maximum absolute atomic E-state index is 12.2. The Morgan fingerprint density at radius 1 is 1.30 bits per heavy atom. The second-order valence-electron chi connectivity index (χ2n) is 7.02. The van der Waals surface area contributed by atoms with E-state index >= 15 is 0 Å². The molecule has 2 N–H and O–H groups in total. The molecule has 2 aromatic rings. The Bertz CT molecular complexity index is 770. The van der Waals surface area contributed by atoms with E-state index in [1.165, 1.54) is 6.26 Å². The summed E-state index contributed by atoms with van der Waals surface area (Å²) in [5, 5.41) is 13.5. The van der Waals surface area contributed by atoms with E-state index in [1.54, 1.807) is 41.3 Å². The molecule has 0 saturated carbocycles. The molecule has 1 aliphatic heterocycles. The zero-order valence-corrected chi connectivity index (χ0v) is 15.4. The van der Waals surface area contributed by atoms with Gasteiger partial charge in [0.1, 0.15) is 12.7 Å². The Kier molecular flexibility index (Phi) is 5.93. The molecule has 0 unspecified atom stereocenters. The quantitative estimate of drug-likeness (QED) is 0.813. The molecular formula is C20H24N2O5. The van der Waals surface area contributed by atoms with Gasteiger partial charge in [-0.1, -0.05) is 26.0 Å². The lowest BCUT2D eigenvalue weighted by Gasteiger charge is -2.39. The van der Waals surface area contributed by atoms with E-state index < -0.39 is 12.1 Å². The fraction of sp³-hybridized carbons (Fsp3) is 0.400. The number of ether oxygens (including phenoxy) is 1. The van der Waals surface area contributed by atoms with Crippen LogP contribution >= 0.6 is 0 Å². The minimum atomic E-state index is -0.872. The van der Waals surface area contributed by atoms with Gasteiger partial charge in [0.15, 0.2) is 5.76 Å². The van der Waals surface area contributed by atoms with Gasteiger partial charge in [-0.25, -0.2) is 0 Å². The van der Waals surface area contributed by atoms with Gasteiger partial charge in [-0.3, -0.25) is 9.59 Å². The molecule has 0 aliphatic carbocycles. The summed E-state index contributed by atoms with van der Waals surface area (Å²) in [4.78, 5) is 25.9. The lowest BCUT2D eigenvalue weighted by atomic mass is 9.99. The number of carbonyl (C=O) groups excluding carboxylic acids is 2. The molecule has 2 atom stereocenters. The van der Waals surface area contributed by atoms with Gasteiger partial charge < -0.3 is 24.5 Å². The molecule has 1 fully saturated rings. The number of rotatable bonds is 6. The molecule has 1 aromatic heterocycles. The monoisotopic (exact) mass is 372 g/mol. The van der Waals surface area contributed by atoms with Crippen molar-refractivity contribution in [1.29, 1.82) is 0 Å². The molecule has 27 heavy (non-hydrogen) atoms. The van der Waals surface area contributed by atoms with Crippen molar-refractivity contribution in [2.24, 2.45) is 5.92 Å². The summed E-state index contributed by atoms with van der Waals surface area (Å²) in [6, 6.07) is 9.67. The summed E-state index contributed by atoms with van der Waals surface area (Å²) in [6.45, 7) is 4.97. The van der Waals surface area contributed by atoms with Gasteiger partial charge in [0.2, 0.25) is 5.91 Å². The van der Waals surface area contributed by atoms with E-state index in [0.717, 1.165) is 0 Å². The third kappa shape index (κ3) is 4.56. The van der Waals surface area contributed by atoms with Gasteiger partial charge in [-0.05, 0) is 35.7 Å². The topological polar surface area (TPSA) is 92.0 Å². The number of anilines is 1. The van der Waals surface area contributed by atoms with Crippen LogP contribution in [0, 0.1) is 5.92 Å². The number of morpholine rings is 1. The maximum atomic E-state index is 12.2. The van der Waals surface area contributed by atoms with Crippen molar-refractivity contribution < 1.29 is 23.8 Å². The number of aliphatic hydroxyl groups excluding tert-OH is 1. The van der Waals surface area contributed by atoms with E-state index in [9.17, 15) is 14.7 Å². The number of nitrogens with one attached hydrogen (secondary N) is 1. The molecule has 144 valence electrons. The molecule has 1 aromatic carbocycles.